The molecule has 11 rings (SSSR count). The van der Waals surface area contributed by atoms with Gasteiger partial charge >= 0.3 is 0 Å². The van der Waals surface area contributed by atoms with E-state index in [1.165, 1.54) is 77.0 Å². The lowest BCUT2D eigenvalue weighted by Crippen LogP contribution is -2.43. The highest BCUT2D eigenvalue weighted by atomic mass is 32.1. The Bertz CT molecular complexity index is 2480. The molecular formula is C45H27NS. The van der Waals surface area contributed by atoms with Gasteiger partial charge in [0.1, 0.15) is 5.01 Å². The van der Waals surface area contributed by atoms with Gasteiger partial charge in [-0.05, 0) is 85.0 Å². The number of benzene rings is 7. The molecule has 0 radical (unpaired) electrons. The Kier molecular flexibility index (Phi) is 4.92. The van der Waals surface area contributed by atoms with Gasteiger partial charge in [0.2, 0.25) is 0 Å². The SMILES string of the molecule is c1ccc2c(c1)-c1ccccc1C21c2ccccc2C2(c3ccccc3-c3cc(-c4nc5ccccc5s4)ccc32)c2ccccc21. The molecule has 3 aliphatic rings. The molecule has 0 saturated heterocycles. The van der Waals surface area contributed by atoms with Crippen molar-refractivity contribution in [2.75, 3.05) is 0 Å². The second kappa shape index (κ2) is 9.03. The third kappa shape index (κ3) is 2.99. The molecule has 2 heteroatoms. The predicted octanol–water partition coefficient (Wildman–Crippen LogP) is 11.0. The molecule has 0 bridgehead atoms. The number of thiazole rings is 1. The van der Waals surface area contributed by atoms with Gasteiger partial charge in [-0.2, -0.15) is 0 Å². The normalized spacial score (nSPS) is 15.1. The van der Waals surface area contributed by atoms with Crippen LogP contribution in [0.1, 0.15) is 44.5 Å². The van der Waals surface area contributed by atoms with Crippen LogP contribution in [0.2, 0.25) is 0 Å². The van der Waals surface area contributed by atoms with Crippen molar-refractivity contribution in [1.29, 1.82) is 0 Å². The first-order valence-electron chi connectivity index (χ1n) is 16.3. The van der Waals surface area contributed by atoms with Crippen LogP contribution in [0, 0.1) is 0 Å². The summed E-state index contributed by atoms with van der Waals surface area (Å²) in [7, 11) is 0. The van der Waals surface area contributed by atoms with Crippen LogP contribution in [-0.4, -0.2) is 4.98 Å². The van der Waals surface area contributed by atoms with Gasteiger partial charge < -0.3 is 0 Å². The Morgan fingerprint density at radius 3 is 1.28 bits per heavy atom. The molecule has 0 atom stereocenters. The van der Waals surface area contributed by atoms with E-state index in [1.54, 1.807) is 11.3 Å². The van der Waals surface area contributed by atoms with Gasteiger partial charge in [0, 0.05) is 5.56 Å². The van der Waals surface area contributed by atoms with Crippen molar-refractivity contribution in [1.82, 2.24) is 4.98 Å². The second-order valence-corrected chi connectivity index (χ2v) is 14.0. The molecule has 0 aliphatic heterocycles. The van der Waals surface area contributed by atoms with Crippen molar-refractivity contribution >= 4 is 21.6 Å². The summed E-state index contributed by atoms with van der Waals surface area (Å²) in [5, 5.41) is 1.06. The fraction of sp³-hybridized carbons (Fsp3) is 0.0444. The molecule has 0 fully saturated rings. The Morgan fingerprint density at radius 2 is 0.766 bits per heavy atom. The molecule has 2 spiro atoms. The van der Waals surface area contributed by atoms with E-state index >= 15 is 0 Å². The largest absolute Gasteiger partial charge is 0.236 e. The quantitative estimate of drug-likeness (QED) is 0.179. The molecule has 1 heterocycles. The van der Waals surface area contributed by atoms with E-state index in [-0.39, 0.29) is 0 Å². The summed E-state index contributed by atoms with van der Waals surface area (Å²) in [6.45, 7) is 0. The highest BCUT2D eigenvalue weighted by Crippen LogP contribution is 2.67. The van der Waals surface area contributed by atoms with E-state index in [4.69, 9.17) is 4.98 Å². The molecule has 8 aromatic rings. The topological polar surface area (TPSA) is 12.9 Å². The number of rotatable bonds is 1. The van der Waals surface area contributed by atoms with Gasteiger partial charge in [-0.1, -0.05) is 146 Å². The lowest BCUT2D eigenvalue weighted by atomic mass is 9.52. The van der Waals surface area contributed by atoms with Crippen molar-refractivity contribution in [3.8, 4) is 32.8 Å². The number of para-hydroxylation sites is 1. The number of fused-ring (bicyclic) bond motifs is 17. The van der Waals surface area contributed by atoms with E-state index < -0.39 is 10.8 Å². The van der Waals surface area contributed by atoms with E-state index in [1.807, 2.05) is 0 Å². The zero-order valence-electron chi connectivity index (χ0n) is 25.4. The van der Waals surface area contributed by atoms with Crippen molar-refractivity contribution in [3.05, 3.63) is 208 Å². The third-order valence-electron chi connectivity index (χ3n) is 11.0. The Morgan fingerprint density at radius 1 is 0.362 bits per heavy atom. The lowest BCUT2D eigenvalue weighted by molar-refractivity contribution is 0.633. The maximum Gasteiger partial charge on any atom is 0.124 e. The molecule has 47 heavy (non-hydrogen) atoms. The van der Waals surface area contributed by atoms with Crippen LogP contribution < -0.4 is 0 Å². The molecule has 0 amide bonds. The zero-order chi connectivity index (χ0) is 30.7. The summed E-state index contributed by atoms with van der Waals surface area (Å²) in [5.74, 6) is 0. The Balaban J connectivity index is 1.27. The molecular weight excluding hydrogens is 587 g/mol. The van der Waals surface area contributed by atoms with Crippen LogP contribution >= 0.6 is 11.3 Å². The van der Waals surface area contributed by atoms with Crippen molar-refractivity contribution in [3.63, 3.8) is 0 Å². The molecule has 0 unspecified atom stereocenters. The average molecular weight is 614 g/mol. The summed E-state index contributed by atoms with van der Waals surface area (Å²) in [6, 6.07) is 61.4. The van der Waals surface area contributed by atoms with E-state index in [0.717, 1.165) is 10.5 Å². The summed E-state index contributed by atoms with van der Waals surface area (Å²) in [5.41, 5.74) is 17.5. The molecule has 0 saturated carbocycles. The molecule has 218 valence electrons. The van der Waals surface area contributed by atoms with Gasteiger partial charge in [-0.3, -0.25) is 0 Å². The fourth-order valence-electron chi connectivity index (χ4n) is 9.37. The summed E-state index contributed by atoms with van der Waals surface area (Å²) >= 11 is 1.77. The Labute approximate surface area is 277 Å². The van der Waals surface area contributed by atoms with E-state index in [0.29, 0.717) is 0 Å². The number of hydrogen-bond donors (Lipinski definition) is 0. The fourth-order valence-corrected chi connectivity index (χ4v) is 10.3. The zero-order valence-corrected chi connectivity index (χ0v) is 26.3. The summed E-state index contributed by atoms with van der Waals surface area (Å²) in [6.07, 6.45) is 0. The predicted molar refractivity (Wildman–Crippen MR) is 193 cm³/mol. The standard InChI is InChI=1S/C45H27NS/c1-4-16-33-29(13-1)30-14-2-5-17-34(30)44(33)37-19-7-9-21-39(37)45(40-22-10-8-20-38(40)44)35-18-6-3-15-31(35)32-27-28(25-26-36(32)45)43-46-41-23-11-12-24-42(41)47-43/h1-27H. The number of aromatic nitrogens is 1. The van der Waals surface area contributed by atoms with Crippen molar-refractivity contribution in [2.24, 2.45) is 0 Å². The minimum atomic E-state index is -0.455. The van der Waals surface area contributed by atoms with Gasteiger partial charge in [-0.15, -0.1) is 11.3 Å². The van der Waals surface area contributed by atoms with Crippen LogP contribution in [0.3, 0.4) is 0 Å². The first kappa shape index (κ1) is 25.6. The van der Waals surface area contributed by atoms with Crippen LogP contribution in [0.5, 0.6) is 0 Å². The molecule has 0 N–H and O–H groups in total. The smallest absolute Gasteiger partial charge is 0.124 e. The number of hydrogen-bond acceptors (Lipinski definition) is 2. The van der Waals surface area contributed by atoms with Crippen molar-refractivity contribution in [2.45, 2.75) is 10.8 Å². The third-order valence-corrected chi connectivity index (χ3v) is 12.1. The van der Waals surface area contributed by atoms with Gasteiger partial charge in [0.05, 0.1) is 21.0 Å². The maximum absolute atomic E-state index is 5.05. The molecule has 1 aromatic heterocycles. The maximum atomic E-state index is 5.05. The summed E-state index contributed by atoms with van der Waals surface area (Å²) in [4.78, 5) is 5.05. The van der Waals surface area contributed by atoms with Crippen LogP contribution in [0.25, 0.3) is 43.0 Å². The van der Waals surface area contributed by atoms with Gasteiger partial charge in [0.15, 0.2) is 0 Å². The number of nitrogens with zero attached hydrogens (tertiary/aromatic N) is 1. The molecule has 7 aromatic carbocycles. The lowest BCUT2D eigenvalue weighted by Gasteiger charge is -2.48. The molecule has 1 nitrogen and oxygen atoms in total. The average Bonchev–Trinajstić information content (AvgIpc) is 3.79. The molecule has 3 aliphatic carbocycles. The van der Waals surface area contributed by atoms with Crippen LogP contribution in [0.4, 0.5) is 0 Å². The second-order valence-electron chi connectivity index (χ2n) is 13.0. The van der Waals surface area contributed by atoms with Crippen LogP contribution in [0.15, 0.2) is 164 Å². The Hall–Kier alpha value is -5.57. The highest BCUT2D eigenvalue weighted by molar-refractivity contribution is 7.21. The summed E-state index contributed by atoms with van der Waals surface area (Å²) < 4.78 is 1.22. The minimum Gasteiger partial charge on any atom is -0.236 e. The van der Waals surface area contributed by atoms with E-state index in [2.05, 4.69) is 164 Å². The monoisotopic (exact) mass is 613 g/mol. The van der Waals surface area contributed by atoms with Gasteiger partial charge in [-0.25, -0.2) is 4.98 Å². The highest BCUT2D eigenvalue weighted by Gasteiger charge is 2.58. The van der Waals surface area contributed by atoms with Crippen molar-refractivity contribution < 1.29 is 0 Å². The minimum absolute atomic E-state index is 0.412. The first-order chi connectivity index (χ1) is 23.3. The van der Waals surface area contributed by atoms with Crippen LogP contribution in [-0.2, 0) is 10.8 Å². The van der Waals surface area contributed by atoms with E-state index in [9.17, 15) is 0 Å². The first-order valence-corrected chi connectivity index (χ1v) is 17.1. The van der Waals surface area contributed by atoms with Gasteiger partial charge in [0.25, 0.3) is 0 Å².